The number of rotatable bonds is 1. The van der Waals surface area contributed by atoms with Crippen LogP contribution in [0.25, 0.3) is 10.9 Å². The highest BCUT2D eigenvalue weighted by molar-refractivity contribution is 7.84. The number of halogens is 2. The molecule has 0 aliphatic heterocycles. The van der Waals surface area contributed by atoms with E-state index in [4.69, 9.17) is 23.2 Å². The molecule has 90 valence electrons. The van der Waals surface area contributed by atoms with Crippen LogP contribution >= 0.6 is 23.2 Å². The van der Waals surface area contributed by atoms with Crippen molar-refractivity contribution in [1.82, 2.24) is 9.55 Å². The summed E-state index contributed by atoms with van der Waals surface area (Å²) in [4.78, 5) is 16.2. The molecule has 0 saturated heterocycles. The second-order valence-corrected chi connectivity index (χ2v) is 5.61. The third-order valence-electron chi connectivity index (χ3n) is 2.31. The Morgan fingerprint density at radius 1 is 1.35 bits per heavy atom. The first-order chi connectivity index (χ1) is 7.91. The van der Waals surface area contributed by atoms with E-state index in [-0.39, 0.29) is 15.7 Å². The van der Waals surface area contributed by atoms with Crippen LogP contribution in [-0.4, -0.2) is 20.0 Å². The molecular formula is C10H8Cl2N2O2S. The molecule has 2 rings (SSSR count). The smallest absolute Gasteiger partial charge is 0.261 e. The monoisotopic (exact) mass is 290 g/mol. The summed E-state index contributed by atoms with van der Waals surface area (Å²) in [5, 5.41) is 1.15. The summed E-state index contributed by atoms with van der Waals surface area (Å²) in [5.41, 5.74) is 0.00830. The molecule has 2 aromatic rings. The van der Waals surface area contributed by atoms with Crippen LogP contribution in [0.4, 0.5) is 0 Å². The minimum absolute atomic E-state index is 0.187. The zero-order chi connectivity index (χ0) is 12.7. The third-order valence-corrected chi connectivity index (χ3v) is 3.70. The molecule has 0 amide bonds. The van der Waals surface area contributed by atoms with Gasteiger partial charge in [-0.05, 0) is 12.1 Å². The number of aromatic nitrogens is 2. The van der Waals surface area contributed by atoms with Crippen molar-refractivity contribution in [3.05, 3.63) is 32.5 Å². The Kier molecular flexibility index (Phi) is 3.25. The predicted octanol–water partition coefficient (Wildman–Crippen LogP) is 1.98. The van der Waals surface area contributed by atoms with Crippen molar-refractivity contribution in [3.63, 3.8) is 0 Å². The van der Waals surface area contributed by atoms with E-state index in [1.54, 1.807) is 0 Å². The van der Waals surface area contributed by atoms with Gasteiger partial charge in [-0.15, -0.1) is 0 Å². The van der Waals surface area contributed by atoms with E-state index < -0.39 is 10.8 Å². The maximum atomic E-state index is 12.0. The Bertz CT molecular complexity index is 697. The molecule has 0 bridgehead atoms. The minimum atomic E-state index is -1.36. The minimum Gasteiger partial charge on any atom is -0.288 e. The Morgan fingerprint density at radius 2 is 2.00 bits per heavy atom. The second-order valence-electron chi connectivity index (χ2n) is 3.50. The lowest BCUT2D eigenvalue weighted by Crippen LogP contribution is -2.22. The molecular weight excluding hydrogens is 283 g/mol. The van der Waals surface area contributed by atoms with Crippen molar-refractivity contribution < 1.29 is 4.21 Å². The number of hydrogen-bond donors (Lipinski definition) is 0. The Hall–Kier alpha value is -0.910. The number of fused-ring (bicyclic) bond motifs is 1. The van der Waals surface area contributed by atoms with Crippen molar-refractivity contribution in [2.24, 2.45) is 7.05 Å². The zero-order valence-electron chi connectivity index (χ0n) is 9.03. The van der Waals surface area contributed by atoms with Gasteiger partial charge in [0.15, 0.2) is 0 Å². The summed E-state index contributed by atoms with van der Waals surface area (Å²) in [6.07, 6.45) is 1.46. The van der Waals surface area contributed by atoms with Gasteiger partial charge in [-0.3, -0.25) is 13.6 Å². The lowest BCUT2D eigenvalue weighted by molar-refractivity contribution is 0.656. The second kappa shape index (κ2) is 4.40. The Balaban J connectivity index is 3.01. The van der Waals surface area contributed by atoms with E-state index >= 15 is 0 Å². The number of hydrogen-bond acceptors (Lipinski definition) is 3. The molecule has 0 spiro atoms. The van der Waals surface area contributed by atoms with Crippen molar-refractivity contribution in [1.29, 1.82) is 0 Å². The van der Waals surface area contributed by atoms with Gasteiger partial charge in [0.05, 0.1) is 26.7 Å². The molecule has 17 heavy (non-hydrogen) atoms. The average molecular weight is 291 g/mol. The summed E-state index contributed by atoms with van der Waals surface area (Å²) in [6.45, 7) is 0. The van der Waals surface area contributed by atoms with E-state index in [1.807, 2.05) is 0 Å². The molecule has 0 saturated carbocycles. The lowest BCUT2D eigenvalue weighted by Gasteiger charge is -2.07. The number of nitrogens with zero attached hydrogens (tertiary/aromatic N) is 2. The maximum Gasteiger partial charge on any atom is 0.261 e. The fourth-order valence-electron chi connectivity index (χ4n) is 1.54. The molecule has 0 fully saturated rings. The van der Waals surface area contributed by atoms with Gasteiger partial charge in [-0.2, -0.15) is 0 Å². The highest BCUT2D eigenvalue weighted by Gasteiger charge is 2.13. The molecule has 1 heterocycles. The fourth-order valence-corrected chi connectivity index (χ4v) is 2.76. The van der Waals surface area contributed by atoms with Gasteiger partial charge in [0.1, 0.15) is 0 Å². The molecule has 0 N–H and O–H groups in total. The largest absolute Gasteiger partial charge is 0.288 e. The normalized spacial score (nSPS) is 12.9. The summed E-state index contributed by atoms with van der Waals surface area (Å²) < 4.78 is 12.7. The SMILES string of the molecule is Cn1c(S(C)=O)nc2c(Cl)cc(Cl)cc2c1=O. The van der Waals surface area contributed by atoms with Crippen molar-refractivity contribution in [3.8, 4) is 0 Å². The summed E-state index contributed by atoms with van der Waals surface area (Å²) in [7, 11) is 0.154. The van der Waals surface area contributed by atoms with Crippen LogP contribution in [0.15, 0.2) is 22.1 Å². The van der Waals surface area contributed by atoms with Crippen LogP contribution in [0, 0.1) is 0 Å². The fraction of sp³-hybridized carbons (Fsp3) is 0.200. The first-order valence-corrected chi connectivity index (χ1v) is 6.92. The highest BCUT2D eigenvalue weighted by Crippen LogP contribution is 2.24. The Labute approximate surface area is 110 Å². The van der Waals surface area contributed by atoms with E-state index in [1.165, 1.54) is 30.0 Å². The van der Waals surface area contributed by atoms with E-state index in [9.17, 15) is 9.00 Å². The van der Waals surface area contributed by atoms with E-state index in [2.05, 4.69) is 4.98 Å². The standard InChI is InChI=1S/C10H8Cl2N2O2S/c1-14-9(15)6-3-5(11)4-7(12)8(6)13-10(14)17(2)16/h3-4H,1-2H3. The molecule has 4 nitrogen and oxygen atoms in total. The topological polar surface area (TPSA) is 52.0 Å². The highest BCUT2D eigenvalue weighted by atomic mass is 35.5. The maximum absolute atomic E-state index is 12.0. The van der Waals surface area contributed by atoms with Gasteiger partial charge in [-0.25, -0.2) is 4.98 Å². The van der Waals surface area contributed by atoms with Crippen LogP contribution in [-0.2, 0) is 17.8 Å². The molecule has 1 aromatic heterocycles. The van der Waals surface area contributed by atoms with Gasteiger partial charge >= 0.3 is 0 Å². The quantitative estimate of drug-likeness (QED) is 0.755. The molecule has 1 unspecified atom stereocenters. The number of benzene rings is 1. The van der Waals surface area contributed by atoms with Gasteiger partial charge in [0.2, 0.25) is 5.16 Å². The van der Waals surface area contributed by atoms with Gasteiger partial charge in [0.25, 0.3) is 5.56 Å². The first kappa shape index (κ1) is 12.5. The lowest BCUT2D eigenvalue weighted by atomic mass is 10.2. The summed E-state index contributed by atoms with van der Waals surface area (Å²) in [6, 6.07) is 3.00. The van der Waals surface area contributed by atoms with Crippen molar-refractivity contribution in [2.75, 3.05) is 6.26 Å². The summed E-state index contributed by atoms with van der Waals surface area (Å²) in [5.74, 6) is 0. The molecule has 0 aliphatic carbocycles. The van der Waals surface area contributed by atoms with Crippen LogP contribution in [0.3, 0.4) is 0 Å². The molecule has 1 aromatic carbocycles. The predicted molar refractivity (Wildman–Crippen MR) is 69.3 cm³/mol. The van der Waals surface area contributed by atoms with Crippen LogP contribution < -0.4 is 5.56 Å². The first-order valence-electron chi connectivity index (χ1n) is 4.61. The van der Waals surface area contributed by atoms with Crippen molar-refractivity contribution in [2.45, 2.75) is 5.16 Å². The van der Waals surface area contributed by atoms with Crippen molar-refractivity contribution >= 4 is 44.9 Å². The van der Waals surface area contributed by atoms with Crippen LogP contribution in [0.2, 0.25) is 10.0 Å². The third kappa shape index (κ3) is 2.10. The zero-order valence-corrected chi connectivity index (χ0v) is 11.4. The average Bonchev–Trinajstić information content (AvgIpc) is 2.23. The molecule has 0 aliphatic rings. The van der Waals surface area contributed by atoms with Gasteiger partial charge in [0, 0.05) is 18.3 Å². The summed E-state index contributed by atoms with van der Waals surface area (Å²) >= 11 is 11.8. The van der Waals surface area contributed by atoms with E-state index in [0.29, 0.717) is 15.9 Å². The van der Waals surface area contributed by atoms with Crippen LogP contribution in [0.1, 0.15) is 0 Å². The van der Waals surface area contributed by atoms with Crippen LogP contribution in [0.5, 0.6) is 0 Å². The van der Waals surface area contributed by atoms with E-state index in [0.717, 1.165) is 0 Å². The molecule has 0 radical (unpaired) electrons. The molecule has 7 heteroatoms. The molecule has 1 atom stereocenters. The Morgan fingerprint density at radius 3 is 2.59 bits per heavy atom. The van der Waals surface area contributed by atoms with Gasteiger partial charge in [-0.1, -0.05) is 23.2 Å². The van der Waals surface area contributed by atoms with Gasteiger partial charge < -0.3 is 0 Å².